The highest BCUT2D eigenvalue weighted by atomic mass is 32.2. The second-order valence-corrected chi connectivity index (χ2v) is 14.2. The molecule has 4 N–H and O–H groups in total. The normalized spacial score (nSPS) is 11.4. The van der Waals surface area contributed by atoms with Crippen LogP contribution in [0.5, 0.6) is 5.75 Å². The fourth-order valence-electron chi connectivity index (χ4n) is 4.36. The third-order valence-electron chi connectivity index (χ3n) is 6.77. The van der Waals surface area contributed by atoms with Crippen LogP contribution in [0.25, 0.3) is 10.2 Å². The molecule has 4 aromatic rings. The topological polar surface area (TPSA) is 173 Å². The Hall–Kier alpha value is -4.69. The lowest BCUT2D eigenvalue weighted by Gasteiger charge is -2.21. The maximum Gasteiger partial charge on any atom is 0.355 e. The van der Waals surface area contributed by atoms with Gasteiger partial charge in [0.15, 0.2) is 27.5 Å². The van der Waals surface area contributed by atoms with Crippen LogP contribution in [0.1, 0.15) is 40.7 Å². The number of thiol groups is 1. The minimum Gasteiger partial charge on any atom is -0.491 e. The third kappa shape index (κ3) is 10.9. The Morgan fingerprint density at radius 2 is 1.92 bits per heavy atom. The number of para-hydroxylation sites is 1. The highest BCUT2D eigenvalue weighted by Crippen LogP contribution is 2.30. The number of nitrogens with one attached hydrogen (secondary N) is 3. The summed E-state index contributed by atoms with van der Waals surface area (Å²) in [6.07, 6.45) is 2.22. The van der Waals surface area contributed by atoms with Crippen molar-refractivity contribution in [2.24, 2.45) is 0 Å². The van der Waals surface area contributed by atoms with Crippen LogP contribution in [0.4, 0.5) is 14.7 Å². The van der Waals surface area contributed by atoms with Crippen LogP contribution in [0.3, 0.4) is 0 Å². The Morgan fingerprint density at radius 3 is 2.61 bits per heavy atom. The largest absolute Gasteiger partial charge is 0.491 e. The molecule has 0 amide bonds. The molecule has 0 saturated heterocycles. The smallest absolute Gasteiger partial charge is 0.355 e. The lowest BCUT2D eigenvalue weighted by atomic mass is 10.2. The van der Waals surface area contributed by atoms with E-state index < -0.39 is 22.5 Å². The Balaban J connectivity index is 1.45. The van der Waals surface area contributed by atoms with E-state index in [2.05, 4.69) is 27.1 Å². The number of anilines is 2. The number of aryl methyl sites for hydroxylation is 1. The summed E-state index contributed by atoms with van der Waals surface area (Å²) in [6.45, 7) is 2.38. The summed E-state index contributed by atoms with van der Waals surface area (Å²) >= 11 is 2.46. The van der Waals surface area contributed by atoms with Gasteiger partial charge in [-0.05, 0) is 82.3 Å². The fourth-order valence-corrected chi connectivity index (χ4v) is 6.77. The molecule has 0 saturated carbocycles. The summed E-state index contributed by atoms with van der Waals surface area (Å²) in [6, 6.07) is 12.1. The number of thiazole rings is 2. The van der Waals surface area contributed by atoms with Crippen molar-refractivity contribution < 1.29 is 27.4 Å². The van der Waals surface area contributed by atoms with E-state index in [9.17, 15) is 22.7 Å². The molecule has 4 rings (SSSR count). The van der Waals surface area contributed by atoms with Gasteiger partial charge in [0.1, 0.15) is 22.4 Å². The molecule has 0 bridgehead atoms. The van der Waals surface area contributed by atoms with Gasteiger partial charge in [0.2, 0.25) is 0 Å². The lowest BCUT2D eigenvalue weighted by molar-refractivity contribution is 0.0690. The molecule has 0 fully saturated rings. The Labute approximate surface area is 293 Å². The Morgan fingerprint density at radius 1 is 1.14 bits per heavy atom. The van der Waals surface area contributed by atoms with Gasteiger partial charge in [-0.1, -0.05) is 35.3 Å². The van der Waals surface area contributed by atoms with Crippen LogP contribution < -0.4 is 15.0 Å². The van der Waals surface area contributed by atoms with Gasteiger partial charge in [-0.15, -0.1) is 11.3 Å². The standard InChI is InChI=1S/C33H36FN7O5S3/c1-21(30(36)39-32-37-24-10-4-5-11-26(24)47-32)19-28(35)41(16-8-18-49(44)45)33-38-29(31(42)43)27(48-33)12-7-17-46-25-14-13-22(20-23(25)34)9-6-15-40(2)3/h4-5,10-11,13-14,19-20,35,49H,7-8,12,15-18H2,1-3H3,(H,42,43)(H2,36,37,39)/b21-19-,35-28?. The number of fused-ring (bicyclic) bond motifs is 1. The predicted octanol–water partition coefficient (Wildman–Crippen LogP) is 5.34. The molecule has 2 aromatic carbocycles. The maximum atomic E-state index is 14.6. The maximum absolute atomic E-state index is 14.6. The van der Waals surface area contributed by atoms with Gasteiger partial charge in [0.05, 0.1) is 23.4 Å². The number of benzene rings is 2. The van der Waals surface area contributed by atoms with Crippen LogP contribution in [0.2, 0.25) is 0 Å². The summed E-state index contributed by atoms with van der Waals surface area (Å²) in [5.74, 6) is 3.89. The second kappa shape index (κ2) is 17.6. The van der Waals surface area contributed by atoms with E-state index in [-0.39, 0.29) is 60.0 Å². The average molecular weight is 726 g/mol. The molecule has 0 atom stereocenters. The van der Waals surface area contributed by atoms with Gasteiger partial charge in [0, 0.05) is 22.7 Å². The van der Waals surface area contributed by atoms with Crippen LogP contribution in [0.15, 0.2) is 54.1 Å². The molecular weight excluding hydrogens is 690 g/mol. The monoisotopic (exact) mass is 725 g/mol. The zero-order valence-electron chi connectivity index (χ0n) is 27.1. The van der Waals surface area contributed by atoms with Gasteiger partial charge >= 0.3 is 5.97 Å². The summed E-state index contributed by atoms with van der Waals surface area (Å²) < 4.78 is 43.7. The fraction of sp³-hybridized carbons (Fsp3) is 0.303. The number of amidine groups is 2. The third-order valence-corrected chi connectivity index (χ3v) is 9.54. The van der Waals surface area contributed by atoms with E-state index in [0.717, 1.165) is 21.6 Å². The molecule has 0 radical (unpaired) electrons. The average Bonchev–Trinajstić information content (AvgIpc) is 3.65. The number of rotatable bonds is 15. The number of hydrogen-bond donors (Lipinski definition) is 5. The van der Waals surface area contributed by atoms with Crippen molar-refractivity contribution in [1.29, 1.82) is 10.8 Å². The number of ether oxygens (including phenoxy) is 1. The highest BCUT2D eigenvalue weighted by Gasteiger charge is 2.23. The first-order valence-electron chi connectivity index (χ1n) is 15.1. The van der Waals surface area contributed by atoms with Crippen molar-refractivity contribution in [2.75, 3.05) is 49.8 Å². The lowest BCUT2D eigenvalue weighted by Crippen LogP contribution is -2.31. The molecule has 258 valence electrons. The number of aromatic nitrogens is 2. The number of nitrogens with zero attached hydrogens (tertiary/aromatic N) is 4. The molecular formula is C33H36FN7O5S3. The number of carboxylic acid groups (broad SMARTS) is 1. The summed E-state index contributed by atoms with van der Waals surface area (Å²) in [7, 11) is 1.12. The van der Waals surface area contributed by atoms with E-state index in [0.29, 0.717) is 34.1 Å². The molecule has 0 unspecified atom stereocenters. The molecule has 0 aliphatic heterocycles. The number of carbonyl (C=O) groups is 1. The molecule has 12 nitrogen and oxygen atoms in total. The van der Waals surface area contributed by atoms with Crippen molar-refractivity contribution in [1.82, 2.24) is 14.9 Å². The predicted molar refractivity (Wildman–Crippen MR) is 194 cm³/mol. The van der Waals surface area contributed by atoms with Gasteiger partial charge in [-0.25, -0.2) is 27.6 Å². The number of aromatic carboxylic acids is 1. The highest BCUT2D eigenvalue weighted by molar-refractivity contribution is 7.72. The summed E-state index contributed by atoms with van der Waals surface area (Å²) in [4.78, 5) is 24.7. The molecule has 0 aliphatic carbocycles. The summed E-state index contributed by atoms with van der Waals surface area (Å²) in [5.41, 5.74) is 1.53. The molecule has 2 heterocycles. The molecule has 49 heavy (non-hydrogen) atoms. The van der Waals surface area contributed by atoms with Crippen molar-refractivity contribution in [3.63, 3.8) is 0 Å². The van der Waals surface area contributed by atoms with Crippen LogP contribution in [-0.4, -0.2) is 85.6 Å². The first-order chi connectivity index (χ1) is 23.4. The van der Waals surface area contributed by atoms with Gasteiger partial charge in [-0.3, -0.25) is 15.7 Å². The van der Waals surface area contributed by atoms with E-state index >= 15 is 0 Å². The van der Waals surface area contributed by atoms with Crippen LogP contribution >= 0.6 is 22.7 Å². The minimum atomic E-state index is -2.66. The summed E-state index contributed by atoms with van der Waals surface area (Å²) in [5, 5.41) is 30.9. The van der Waals surface area contributed by atoms with Crippen molar-refractivity contribution in [3.8, 4) is 17.6 Å². The number of carboxylic acids is 1. The molecule has 0 spiro atoms. The minimum absolute atomic E-state index is 0.0146. The SMILES string of the molecule is C/C(=C/C(=N)N(CCC[SH](=O)=O)c1nc(C(=O)O)c(CCCOc2ccc(C#CCN(C)C)cc2F)s1)C(=N)Nc1nc2ccccc2s1. The van der Waals surface area contributed by atoms with E-state index in [1.807, 2.05) is 43.3 Å². The van der Waals surface area contributed by atoms with Gasteiger partial charge in [0.25, 0.3) is 0 Å². The molecule has 2 aromatic heterocycles. The van der Waals surface area contributed by atoms with E-state index in [1.165, 1.54) is 34.4 Å². The zero-order valence-corrected chi connectivity index (χ0v) is 29.6. The van der Waals surface area contributed by atoms with E-state index in [4.69, 9.17) is 15.6 Å². The van der Waals surface area contributed by atoms with Gasteiger partial charge < -0.3 is 20.1 Å². The van der Waals surface area contributed by atoms with Crippen molar-refractivity contribution in [2.45, 2.75) is 26.2 Å². The molecule has 0 aliphatic rings. The van der Waals surface area contributed by atoms with Crippen LogP contribution in [-0.2, 0) is 17.1 Å². The van der Waals surface area contributed by atoms with Crippen molar-refractivity contribution in [3.05, 3.63) is 76.1 Å². The first-order valence-corrected chi connectivity index (χ1v) is 18.1. The quantitative estimate of drug-likeness (QED) is 0.0354. The number of hydrogen-bond acceptors (Lipinski definition) is 11. The Kier molecular flexibility index (Phi) is 13.4. The van der Waals surface area contributed by atoms with Crippen LogP contribution in [0, 0.1) is 28.5 Å². The molecule has 16 heteroatoms. The number of halogens is 1. The first kappa shape index (κ1) is 37.1. The Bertz CT molecular complexity index is 1970. The second-order valence-electron chi connectivity index (χ2n) is 11.0. The van der Waals surface area contributed by atoms with Crippen molar-refractivity contribution >= 4 is 71.5 Å². The van der Waals surface area contributed by atoms with E-state index in [1.54, 1.807) is 13.0 Å². The zero-order chi connectivity index (χ0) is 35.5. The van der Waals surface area contributed by atoms with Gasteiger partial charge in [-0.2, -0.15) is 0 Å².